The molecule has 1 aliphatic rings. The fourth-order valence-electron chi connectivity index (χ4n) is 1.79. The monoisotopic (exact) mass is 205 g/mol. The van der Waals surface area contributed by atoms with Gasteiger partial charge in [0, 0.05) is 13.1 Å². The Hall–Kier alpha value is -1.51. The summed E-state index contributed by atoms with van der Waals surface area (Å²) in [5.74, 6) is -0.846. The Bertz CT molecular complexity index is 397. The topological polar surface area (TPSA) is 40.5 Å². The number of hydrogen-bond donors (Lipinski definition) is 1. The van der Waals surface area contributed by atoms with Crippen LogP contribution in [0.3, 0.4) is 0 Å². The Morgan fingerprint density at radius 1 is 1.47 bits per heavy atom. The van der Waals surface area contributed by atoms with Crippen molar-refractivity contribution >= 4 is 11.7 Å². The van der Waals surface area contributed by atoms with Crippen LogP contribution >= 0.6 is 0 Å². The number of nitrogens with zero attached hydrogens (tertiary/aromatic N) is 1. The summed E-state index contributed by atoms with van der Waals surface area (Å²) in [7, 11) is 1.97. The number of hydrogen-bond acceptors (Lipinski definition) is 2. The smallest absolute Gasteiger partial charge is 0.337 e. The highest BCUT2D eigenvalue weighted by Gasteiger charge is 2.28. The van der Waals surface area contributed by atoms with Crippen LogP contribution in [0.15, 0.2) is 18.2 Å². The number of rotatable bonds is 3. The van der Waals surface area contributed by atoms with Crippen LogP contribution < -0.4 is 4.90 Å². The Balaban J connectivity index is 2.40. The highest BCUT2D eigenvalue weighted by molar-refractivity contribution is 5.94. The maximum atomic E-state index is 11.1. The van der Waals surface area contributed by atoms with Gasteiger partial charge in [-0.05, 0) is 31.9 Å². The first-order valence-corrected chi connectivity index (χ1v) is 5.16. The van der Waals surface area contributed by atoms with E-state index in [2.05, 4.69) is 4.90 Å². The molecule has 0 bridgehead atoms. The number of aryl methyl sites for hydroxylation is 1. The molecule has 15 heavy (non-hydrogen) atoms. The molecule has 1 aromatic carbocycles. The minimum atomic E-state index is -0.846. The van der Waals surface area contributed by atoms with E-state index in [1.54, 1.807) is 6.07 Å². The van der Waals surface area contributed by atoms with Gasteiger partial charge in [-0.25, -0.2) is 4.79 Å². The first-order chi connectivity index (χ1) is 7.09. The van der Waals surface area contributed by atoms with Gasteiger partial charge in [0.2, 0.25) is 0 Å². The summed E-state index contributed by atoms with van der Waals surface area (Å²) in [5, 5.41) is 9.11. The second-order valence-electron chi connectivity index (χ2n) is 4.17. The highest BCUT2D eigenvalue weighted by atomic mass is 16.4. The zero-order valence-electron chi connectivity index (χ0n) is 9.03. The van der Waals surface area contributed by atoms with Crippen molar-refractivity contribution in [2.24, 2.45) is 0 Å². The quantitative estimate of drug-likeness (QED) is 0.823. The van der Waals surface area contributed by atoms with E-state index in [4.69, 9.17) is 5.11 Å². The van der Waals surface area contributed by atoms with Gasteiger partial charge in [0.25, 0.3) is 0 Å². The Labute approximate surface area is 89.3 Å². The van der Waals surface area contributed by atoms with Gasteiger partial charge in [-0.15, -0.1) is 0 Å². The van der Waals surface area contributed by atoms with Gasteiger partial charge in [-0.2, -0.15) is 0 Å². The molecule has 1 aliphatic carbocycles. The average Bonchev–Trinajstić information content (AvgIpc) is 2.99. The molecular formula is C12H15NO2. The van der Waals surface area contributed by atoms with Crippen molar-refractivity contribution in [3.8, 4) is 0 Å². The SMILES string of the molecule is Cc1ccc(N(C)C2CC2)c(C(=O)O)c1. The van der Waals surface area contributed by atoms with Crippen LogP contribution in [-0.2, 0) is 0 Å². The second kappa shape index (κ2) is 3.57. The molecular weight excluding hydrogens is 190 g/mol. The molecule has 0 radical (unpaired) electrons. The normalized spacial score (nSPS) is 15.1. The van der Waals surface area contributed by atoms with Gasteiger partial charge in [0.05, 0.1) is 11.3 Å². The Kier molecular flexibility index (Phi) is 2.39. The second-order valence-corrected chi connectivity index (χ2v) is 4.17. The summed E-state index contributed by atoms with van der Waals surface area (Å²) < 4.78 is 0. The van der Waals surface area contributed by atoms with Gasteiger partial charge < -0.3 is 10.0 Å². The molecule has 80 valence electrons. The largest absolute Gasteiger partial charge is 0.478 e. The summed E-state index contributed by atoms with van der Waals surface area (Å²) in [4.78, 5) is 13.2. The molecule has 1 N–H and O–H groups in total. The fraction of sp³-hybridized carbons (Fsp3) is 0.417. The minimum Gasteiger partial charge on any atom is -0.478 e. The molecule has 0 saturated heterocycles. The molecule has 3 nitrogen and oxygen atoms in total. The van der Waals surface area contributed by atoms with Crippen LogP contribution in [0.2, 0.25) is 0 Å². The van der Waals surface area contributed by atoms with Crippen molar-refractivity contribution in [3.05, 3.63) is 29.3 Å². The Morgan fingerprint density at radius 3 is 2.67 bits per heavy atom. The molecule has 1 fully saturated rings. The number of aromatic carboxylic acids is 1. The van der Waals surface area contributed by atoms with Gasteiger partial charge >= 0.3 is 5.97 Å². The van der Waals surface area contributed by atoms with E-state index in [0.29, 0.717) is 11.6 Å². The average molecular weight is 205 g/mol. The van der Waals surface area contributed by atoms with Crippen LogP contribution in [0.1, 0.15) is 28.8 Å². The maximum Gasteiger partial charge on any atom is 0.337 e. The van der Waals surface area contributed by atoms with Gasteiger partial charge in [-0.3, -0.25) is 0 Å². The van der Waals surface area contributed by atoms with Crippen molar-refractivity contribution in [3.63, 3.8) is 0 Å². The molecule has 0 spiro atoms. The van der Waals surface area contributed by atoms with Gasteiger partial charge in [0.1, 0.15) is 0 Å². The van der Waals surface area contributed by atoms with Crippen LogP contribution in [0.4, 0.5) is 5.69 Å². The predicted molar refractivity (Wildman–Crippen MR) is 59.6 cm³/mol. The lowest BCUT2D eigenvalue weighted by molar-refractivity contribution is 0.0697. The number of carbonyl (C=O) groups is 1. The molecule has 2 rings (SSSR count). The number of carboxylic acid groups (broad SMARTS) is 1. The summed E-state index contributed by atoms with van der Waals surface area (Å²) in [6, 6.07) is 6.12. The molecule has 1 saturated carbocycles. The lowest BCUT2D eigenvalue weighted by Crippen LogP contribution is -2.22. The third kappa shape index (κ3) is 1.96. The van der Waals surface area contributed by atoms with Crippen LogP contribution in [0.5, 0.6) is 0 Å². The molecule has 0 atom stereocenters. The van der Waals surface area contributed by atoms with Gasteiger partial charge in [-0.1, -0.05) is 11.6 Å². The van der Waals surface area contributed by atoms with E-state index in [1.165, 1.54) is 12.8 Å². The molecule has 0 aliphatic heterocycles. The minimum absolute atomic E-state index is 0.407. The summed E-state index contributed by atoms with van der Waals surface area (Å²) >= 11 is 0. The van der Waals surface area contributed by atoms with Crippen LogP contribution in [0, 0.1) is 6.92 Å². The van der Waals surface area contributed by atoms with Crippen molar-refractivity contribution in [2.75, 3.05) is 11.9 Å². The first-order valence-electron chi connectivity index (χ1n) is 5.16. The van der Waals surface area contributed by atoms with E-state index in [-0.39, 0.29) is 0 Å². The lowest BCUT2D eigenvalue weighted by atomic mass is 10.1. The number of benzene rings is 1. The van der Waals surface area contributed by atoms with E-state index < -0.39 is 5.97 Å². The summed E-state index contributed by atoms with van der Waals surface area (Å²) in [6.07, 6.45) is 2.34. The van der Waals surface area contributed by atoms with E-state index in [1.807, 2.05) is 26.1 Å². The number of carboxylic acids is 1. The standard InChI is InChI=1S/C12H15NO2/c1-8-3-6-11(10(7-8)12(14)15)13(2)9-4-5-9/h3,6-7,9H,4-5H2,1-2H3,(H,14,15). The fourth-order valence-corrected chi connectivity index (χ4v) is 1.79. The third-order valence-corrected chi connectivity index (χ3v) is 2.86. The zero-order chi connectivity index (χ0) is 11.0. The zero-order valence-corrected chi connectivity index (χ0v) is 9.03. The van der Waals surface area contributed by atoms with E-state index in [9.17, 15) is 4.79 Å². The van der Waals surface area contributed by atoms with E-state index in [0.717, 1.165) is 11.3 Å². The Morgan fingerprint density at radius 2 is 2.13 bits per heavy atom. The van der Waals surface area contributed by atoms with Crippen molar-refractivity contribution in [2.45, 2.75) is 25.8 Å². The molecule has 3 heteroatoms. The predicted octanol–water partition coefficient (Wildman–Crippen LogP) is 2.29. The van der Waals surface area contributed by atoms with Crippen molar-refractivity contribution in [1.29, 1.82) is 0 Å². The van der Waals surface area contributed by atoms with Crippen LogP contribution in [-0.4, -0.2) is 24.2 Å². The summed E-state index contributed by atoms with van der Waals surface area (Å²) in [6.45, 7) is 1.91. The molecule has 1 aromatic rings. The molecule has 0 aromatic heterocycles. The van der Waals surface area contributed by atoms with Crippen molar-refractivity contribution < 1.29 is 9.90 Å². The maximum absolute atomic E-state index is 11.1. The molecule has 0 amide bonds. The van der Waals surface area contributed by atoms with Gasteiger partial charge in [0.15, 0.2) is 0 Å². The van der Waals surface area contributed by atoms with Crippen LogP contribution in [0.25, 0.3) is 0 Å². The first kappa shape index (κ1) is 10.0. The molecule has 0 unspecified atom stereocenters. The summed E-state index contributed by atoms with van der Waals surface area (Å²) in [5.41, 5.74) is 2.22. The molecule has 0 heterocycles. The highest BCUT2D eigenvalue weighted by Crippen LogP contribution is 2.32. The van der Waals surface area contributed by atoms with E-state index >= 15 is 0 Å². The number of anilines is 1. The lowest BCUT2D eigenvalue weighted by Gasteiger charge is -2.20. The third-order valence-electron chi connectivity index (χ3n) is 2.86. The van der Waals surface area contributed by atoms with Crippen molar-refractivity contribution in [1.82, 2.24) is 0 Å².